The molecule has 1 heterocycles. The maximum atomic E-state index is 5.06. The number of aromatic nitrogens is 2. The average Bonchev–Trinajstić information content (AvgIpc) is 2.80. The predicted molar refractivity (Wildman–Crippen MR) is 54.6 cm³/mol. The molecule has 0 amide bonds. The van der Waals surface area contributed by atoms with Gasteiger partial charge in [0.2, 0.25) is 6.39 Å². The predicted octanol–water partition coefficient (Wildman–Crippen LogP) is 1.69. The zero-order chi connectivity index (χ0) is 10.5. The summed E-state index contributed by atoms with van der Waals surface area (Å²) in [6, 6.07) is 8.19. The fourth-order valence-corrected chi connectivity index (χ4v) is 1.17. The van der Waals surface area contributed by atoms with Crippen molar-refractivity contribution >= 4 is 6.01 Å². The second kappa shape index (κ2) is 4.45. The monoisotopic (exact) mass is 205 g/mol. The number of benzene rings is 1. The van der Waals surface area contributed by atoms with E-state index in [0.29, 0.717) is 12.6 Å². The third kappa shape index (κ3) is 2.46. The summed E-state index contributed by atoms with van der Waals surface area (Å²) in [5.41, 5.74) is 1.12. The lowest BCUT2D eigenvalue weighted by Crippen LogP contribution is -1.99. The van der Waals surface area contributed by atoms with Crippen molar-refractivity contribution in [2.75, 3.05) is 12.4 Å². The molecule has 0 fully saturated rings. The molecule has 0 aliphatic rings. The molecular weight excluding hydrogens is 194 g/mol. The lowest BCUT2D eigenvalue weighted by atomic mass is 10.2. The van der Waals surface area contributed by atoms with Crippen molar-refractivity contribution in [1.29, 1.82) is 0 Å². The van der Waals surface area contributed by atoms with Gasteiger partial charge in [-0.05, 0) is 17.7 Å². The van der Waals surface area contributed by atoms with E-state index in [-0.39, 0.29) is 0 Å². The number of nitrogens with one attached hydrogen (secondary N) is 1. The van der Waals surface area contributed by atoms with Crippen LogP contribution in [-0.4, -0.2) is 17.3 Å². The fraction of sp³-hybridized carbons (Fsp3) is 0.200. The van der Waals surface area contributed by atoms with E-state index in [2.05, 4.69) is 15.5 Å². The lowest BCUT2D eigenvalue weighted by Gasteiger charge is -2.03. The van der Waals surface area contributed by atoms with Gasteiger partial charge in [-0.1, -0.05) is 17.2 Å². The highest BCUT2D eigenvalue weighted by Gasteiger charge is 1.98. The molecule has 15 heavy (non-hydrogen) atoms. The second-order valence-corrected chi connectivity index (χ2v) is 2.95. The summed E-state index contributed by atoms with van der Waals surface area (Å²) in [5, 5.41) is 10.3. The number of ether oxygens (including phenoxy) is 1. The van der Waals surface area contributed by atoms with Crippen LogP contribution in [0.15, 0.2) is 35.1 Å². The lowest BCUT2D eigenvalue weighted by molar-refractivity contribution is 0.414. The van der Waals surface area contributed by atoms with Crippen molar-refractivity contribution in [1.82, 2.24) is 10.2 Å². The quantitative estimate of drug-likeness (QED) is 0.823. The largest absolute Gasteiger partial charge is 0.497 e. The molecule has 2 rings (SSSR count). The third-order valence-electron chi connectivity index (χ3n) is 1.96. The molecule has 0 radical (unpaired) electrons. The van der Waals surface area contributed by atoms with E-state index in [9.17, 15) is 0 Å². The summed E-state index contributed by atoms with van der Waals surface area (Å²) < 4.78 is 10.0. The van der Waals surface area contributed by atoms with Crippen molar-refractivity contribution in [3.63, 3.8) is 0 Å². The van der Waals surface area contributed by atoms with Gasteiger partial charge in [-0.15, -0.1) is 5.10 Å². The molecule has 2 aromatic rings. The van der Waals surface area contributed by atoms with Gasteiger partial charge in [0.05, 0.1) is 7.11 Å². The molecule has 78 valence electrons. The Bertz CT molecular complexity index is 397. The van der Waals surface area contributed by atoms with E-state index in [1.165, 1.54) is 6.39 Å². The van der Waals surface area contributed by atoms with Gasteiger partial charge in [0.1, 0.15) is 5.75 Å². The van der Waals surface area contributed by atoms with Gasteiger partial charge in [-0.2, -0.15) is 0 Å². The molecule has 5 heteroatoms. The molecule has 0 saturated carbocycles. The van der Waals surface area contributed by atoms with Gasteiger partial charge in [0.25, 0.3) is 0 Å². The van der Waals surface area contributed by atoms with Gasteiger partial charge in [0.15, 0.2) is 0 Å². The Morgan fingerprint density at radius 2 is 2.13 bits per heavy atom. The number of nitrogens with zero attached hydrogens (tertiary/aromatic N) is 2. The van der Waals surface area contributed by atoms with Gasteiger partial charge >= 0.3 is 6.01 Å². The van der Waals surface area contributed by atoms with Gasteiger partial charge in [-0.3, -0.25) is 0 Å². The number of rotatable bonds is 4. The zero-order valence-corrected chi connectivity index (χ0v) is 8.30. The molecule has 0 aliphatic carbocycles. The van der Waals surface area contributed by atoms with E-state index in [1.54, 1.807) is 7.11 Å². The minimum atomic E-state index is 0.422. The molecule has 0 unspecified atom stereocenters. The van der Waals surface area contributed by atoms with Gasteiger partial charge < -0.3 is 14.5 Å². The first-order valence-corrected chi connectivity index (χ1v) is 4.51. The summed E-state index contributed by atoms with van der Waals surface area (Å²) in [6.45, 7) is 0.645. The molecule has 0 saturated heterocycles. The van der Waals surface area contributed by atoms with Crippen LogP contribution in [0.5, 0.6) is 5.75 Å². The highest BCUT2D eigenvalue weighted by molar-refractivity contribution is 5.29. The van der Waals surface area contributed by atoms with E-state index in [0.717, 1.165) is 11.3 Å². The zero-order valence-electron chi connectivity index (χ0n) is 8.30. The standard InChI is InChI=1S/C10H11N3O2/c1-14-9-4-2-8(3-5-9)6-11-10-13-12-7-15-10/h2-5,7H,6H2,1H3,(H,11,13). The second-order valence-electron chi connectivity index (χ2n) is 2.95. The molecule has 1 N–H and O–H groups in total. The Morgan fingerprint density at radius 1 is 1.33 bits per heavy atom. The van der Waals surface area contributed by atoms with Crippen LogP contribution in [0, 0.1) is 0 Å². The van der Waals surface area contributed by atoms with Crippen molar-refractivity contribution in [3.8, 4) is 5.75 Å². The first-order chi connectivity index (χ1) is 7.38. The number of hydrogen-bond donors (Lipinski definition) is 1. The molecular formula is C10H11N3O2. The van der Waals surface area contributed by atoms with Gasteiger partial charge in [-0.25, -0.2) is 0 Å². The Hall–Kier alpha value is -2.04. The summed E-state index contributed by atoms with van der Waals surface area (Å²) in [4.78, 5) is 0. The molecule has 1 aromatic carbocycles. The first-order valence-electron chi connectivity index (χ1n) is 4.51. The van der Waals surface area contributed by atoms with Crippen molar-refractivity contribution < 1.29 is 9.15 Å². The smallest absolute Gasteiger partial charge is 0.315 e. The van der Waals surface area contributed by atoms with Crippen LogP contribution in [0.25, 0.3) is 0 Å². The summed E-state index contributed by atoms with van der Waals surface area (Å²) >= 11 is 0. The van der Waals surface area contributed by atoms with Crippen LogP contribution in [0.3, 0.4) is 0 Å². The molecule has 0 bridgehead atoms. The van der Waals surface area contributed by atoms with Crippen LogP contribution >= 0.6 is 0 Å². The van der Waals surface area contributed by atoms with Crippen molar-refractivity contribution in [2.24, 2.45) is 0 Å². The van der Waals surface area contributed by atoms with E-state index in [4.69, 9.17) is 9.15 Å². The Balaban J connectivity index is 1.93. The molecule has 5 nitrogen and oxygen atoms in total. The Morgan fingerprint density at radius 3 is 2.73 bits per heavy atom. The van der Waals surface area contributed by atoms with E-state index < -0.39 is 0 Å². The van der Waals surface area contributed by atoms with Crippen LogP contribution in [0.4, 0.5) is 6.01 Å². The van der Waals surface area contributed by atoms with Crippen molar-refractivity contribution in [3.05, 3.63) is 36.2 Å². The van der Waals surface area contributed by atoms with E-state index in [1.807, 2.05) is 24.3 Å². The maximum absolute atomic E-state index is 5.06. The van der Waals surface area contributed by atoms with Crippen molar-refractivity contribution in [2.45, 2.75) is 6.54 Å². The first kappa shape index (κ1) is 9.51. The minimum Gasteiger partial charge on any atom is -0.497 e. The number of hydrogen-bond acceptors (Lipinski definition) is 5. The topological polar surface area (TPSA) is 60.2 Å². The number of methoxy groups -OCH3 is 1. The fourth-order valence-electron chi connectivity index (χ4n) is 1.17. The minimum absolute atomic E-state index is 0.422. The van der Waals surface area contributed by atoms with Crippen LogP contribution in [-0.2, 0) is 6.54 Å². The molecule has 0 atom stereocenters. The highest BCUT2D eigenvalue weighted by atomic mass is 16.5. The van der Waals surface area contributed by atoms with Crippen LogP contribution in [0.1, 0.15) is 5.56 Å². The van der Waals surface area contributed by atoms with E-state index >= 15 is 0 Å². The summed E-state index contributed by atoms with van der Waals surface area (Å²) in [6.07, 6.45) is 1.29. The van der Waals surface area contributed by atoms with Crippen LogP contribution in [0.2, 0.25) is 0 Å². The SMILES string of the molecule is COc1ccc(CNc2nnco2)cc1. The summed E-state index contributed by atoms with van der Waals surface area (Å²) in [5.74, 6) is 0.844. The van der Waals surface area contributed by atoms with Gasteiger partial charge in [0, 0.05) is 6.54 Å². The molecule has 1 aromatic heterocycles. The Kier molecular flexibility index (Phi) is 2.82. The average molecular weight is 205 g/mol. The summed E-state index contributed by atoms with van der Waals surface area (Å²) in [7, 11) is 1.64. The normalized spacial score (nSPS) is 9.93. The molecule has 0 spiro atoms. The maximum Gasteiger partial charge on any atom is 0.315 e. The Labute approximate surface area is 87.1 Å². The molecule has 0 aliphatic heterocycles. The highest BCUT2D eigenvalue weighted by Crippen LogP contribution is 2.12. The third-order valence-corrected chi connectivity index (χ3v) is 1.96. The van der Waals surface area contributed by atoms with Crippen LogP contribution < -0.4 is 10.1 Å². The number of anilines is 1.